The second-order valence-electron chi connectivity index (χ2n) is 4.13. The van der Waals surface area contributed by atoms with E-state index in [1.807, 2.05) is 6.07 Å². The summed E-state index contributed by atoms with van der Waals surface area (Å²) in [6, 6.07) is 10.4. The molecule has 0 spiro atoms. The molecule has 1 heterocycles. The highest BCUT2D eigenvalue weighted by Gasteiger charge is 2.08. The number of anilines is 1. The highest BCUT2D eigenvalue weighted by Crippen LogP contribution is 2.31. The van der Waals surface area contributed by atoms with Crippen LogP contribution in [0.15, 0.2) is 42.7 Å². The van der Waals surface area contributed by atoms with Crippen molar-refractivity contribution in [1.29, 1.82) is 0 Å². The number of fused-ring (bicyclic) bond motifs is 1. The first kappa shape index (κ1) is 13.0. The Morgan fingerprint density at radius 1 is 0.950 bits per heavy atom. The van der Waals surface area contributed by atoms with Gasteiger partial charge in [-0.25, -0.2) is 9.97 Å². The highest BCUT2D eigenvalue weighted by molar-refractivity contribution is 6.42. The molecule has 0 atom stereocenters. The maximum atomic E-state index is 5.96. The Balaban J connectivity index is 2.05. The van der Waals surface area contributed by atoms with Gasteiger partial charge in [-0.05, 0) is 30.3 Å². The van der Waals surface area contributed by atoms with Crippen molar-refractivity contribution in [2.45, 2.75) is 0 Å². The van der Waals surface area contributed by atoms with Gasteiger partial charge in [0.15, 0.2) is 0 Å². The molecule has 0 fully saturated rings. The zero-order valence-electron chi connectivity index (χ0n) is 10.2. The molecule has 0 aliphatic heterocycles. The van der Waals surface area contributed by atoms with Gasteiger partial charge in [0.05, 0.1) is 20.9 Å². The zero-order valence-corrected chi connectivity index (χ0v) is 11.7. The molecule has 0 aliphatic carbocycles. The minimum atomic E-state index is 0.417. The molecule has 1 aromatic heterocycles. The summed E-state index contributed by atoms with van der Waals surface area (Å²) in [5.74, 6) is 0.961. The van der Waals surface area contributed by atoms with Gasteiger partial charge in [0.25, 0.3) is 0 Å². The van der Waals surface area contributed by atoms with Crippen LogP contribution < -0.4 is 10.5 Å². The quantitative estimate of drug-likeness (QED) is 0.717. The summed E-state index contributed by atoms with van der Waals surface area (Å²) in [7, 11) is 0. The molecule has 3 aromatic rings. The largest absolute Gasteiger partial charge is 0.438 e. The van der Waals surface area contributed by atoms with E-state index in [0.717, 1.165) is 10.9 Å². The van der Waals surface area contributed by atoms with Crippen LogP contribution in [0, 0.1) is 0 Å². The summed E-state index contributed by atoms with van der Waals surface area (Å²) < 4.78 is 5.73. The molecule has 0 bridgehead atoms. The van der Waals surface area contributed by atoms with Crippen LogP contribution in [0.2, 0.25) is 10.0 Å². The van der Waals surface area contributed by atoms with Gasteiger partial charge in [-0.3, -0.25) is 0 Å². The van der Waals surface area contributed by atoms with Gasteiger partial charge in [-0.15, -0.1) is 0 Å². The maximum absolute atomic E-state index is 5.96. The third kappa shape index (κ3) is 2.48. The van der Waals surface area contributed by atoms with Crippen LogP contribution in [0.25, 0.3) is 10.9 Å². The predicted molar refractivity (Wildman–Crippen MR) is 80.5 cm³/mol. The first-order valence-electron chi connectivity index (χ1n) is 5.76. The average Bonchev–Trinajstić information content (AvgIpc) is 2.44. The molecule has 20 heavy (non-hydrogen) atoms. The normalized spacial score (nSPS) is 10.7. The van der Waals surface area contributed by atoms with Gasteiger partial charge >= 0.3 is 0 Å². The summed E-state index contributed by atoms with van der Waals surface area (Å²) in [5.41, 5.74) is 7.15. The summed E-state index contributed by atoms with van der Waals surface area (Å²) >= 11 is 11.8. The molecule has 0 radical (unpaired) electrons. The fourth-order valence-corrected chi connectivity index (χ4v) is 2.07. The molecule has 0 aliphatic rings. The number of nitrogens with two attached hydrogens (primary N) is 1. The van der Waals surface area contributed by atoms with Crippen molar-refractivity contribution in [2.75, 3.05) is 5.73 Å². The van der Waals surface area contributed by atoms with E-state index in [2.05, 4.69) is 9.97 Å². The Bertz CT molecular complexity index is 792. The number of hydrogen-bond acceptors (Lipinski definition) is 4. The first-order valence-corrected chi connectivity index (χ1v) is 6.52. The number of ether oxygens (including phenoxy) is 1. The van der Waals surface area contributed by atoms with E-state index in [9.17, 15) is 0 Å². The van der Waals surface area contributed by atoms with Crippen molar-refractivity contribution in [1.82, 2.24) is 9.97 Å². The molecule has 0 amide bonds. The second kappa shape index (κ2) is 5.15. The first-order chi connectivity index (χ1) is 9.63. The molecule has 3 rings (SSSR count). The molecule has 4 nitrogen and oxygen atoms in total. The molecule has 6 heteroatoms. The standard InChI is InChI=1S/C14H9Cl2N3O/c15-11-3-2-9(6-12(11)16)20-14-10-5-8(17)1-4-13(10)18-7-19-14/h1-7H,17H2. The Kier molecular flexibility index (Phi) is 3.34. The summed E-state index contributed by atoms with van der Waals surface area (Å²) in [5, 5.41) is 1.62. The third-order valence-corrected chi connectivity index (χ3v) is 3.47. The number of benzene rings is 2. The van der Waals surface area contributed by atoms with Gasteiger partial charge in [0.2, 0.25) is 5.88 Å². The number of rotatable bonds is 2. The van der Waals surface area contributed by atoms with Crippen LogP contribution in [0.4, 0.5) is 5.69 Å². The molecular formula is C14H9Cl2N3O. The summed E-state index contributed by atoms with van der Waals surface area (Å²) in [6.07, 6.45) is 1.44. The van der Waals surface area contributed by atoms with Gasteiger partial charge in [0.1, 0.15) is 12.1 Å². The Morgan fingerprint density at radius 2 is 1.80 bits per heavy atom. The topological polar surface area (TPSA) is 61.0 Å². The van der Waals surface area contributed by atoms with Gasteiger partial charge in [-0.2, -0.15) is 0 Å². The van der Waals surface area contributed by atoms with Crippen molar-refractivity contribution in [3.05, 3.63) is 52.8 Å². The van der Waals surface area contributed by atoms with Gasteiger partial charge in [-0.1, -0.05) is 23.2 Å². The summed E-state index contributed by atoms with van der Waals surface area (Å²) in [6.45, 7) is 0. The third-order valence-electron chi connectivity index (χ3n) is 2.73. The molecule has 100 valence electrons. The van der Waals surface area contributed by atoms with E-state index in [0.29, 0.717) is 27.4 Å². The molecule has 2 N–H and O–H groups in total. The minimum Gasteiger partial charge on any atom is -0.438 e. The number of halogens is 2. The summed E-state index contributed by atoms with van der Waals surface area (Å²) in [4.78, 5) is 8.29. The smallest absolute Gasteiger partial charge is 0.230 e. The Hall–Kier alpha value is -2.04. The number of nitrogen functional groups attached to an aromatic ring is 1. The zero-order chi connectivity index (χ0) is 14.1. The Labute approximate surface area is 125 Å². The van der Waals surface area contributed by atoms with E-state index < -0.39 is 0 Å². The molecule has 2 aromatic carbocycles. The van der Waals surface area contributed by atoms with Crippen molar-refractivity contribution >= 4 is 39.8 Å². The van der Waals surface area contributed by atoms with Crippen molar-refractivity contribution in [3.63, 3.8) is 0 Å². The lowest BCUT2D eigenvalue weighted by atomic mass is 10.2. The number of nitrogens with zero attached hydrogens (tertiary/aromatic N) is 2. The second-order valence-corrected chi connectivity index (χ2v) is 4.95. The van der Waals surface area contributed by atoms with Crippen molar-refractivity contribution in [3.8, 4) is 11.6 Å². The monoisotopic (exact) mass is 305 g/mol. The van der Waals surface area contributed by atoms with E-state index in [1.165, 1.54) is 6.33 Å². The average molecular weight is 306 g/mol. The van der Waals surface area contributed by atoms with Crippen molar-refractivity contribution < 1.29 is 4.74 Å². The molecule has 0 saturated carbocycles. The SMILES string of the molecule is Nc1ccc2ncnc(Oc3ccc(Cl)c(Cl)c3)c2c1. The lowest BCUT2D eigenvalue weighted by Crippen LogP contribution is -1.93. The van der Waals surface area contributed by atoms with Crippen LogP contribution >= 0.6 is 23.2 Å². The van der Waals surface area contributed by atoms with Crippen LogP contribution in [-0.2, 0) is 0 Å². The highest BCUT2D eigenvalue weighted by atomic mass is 35.5. The van der Waals surface area contributed by atoms with Gasteiger partial charge in [0, 0.05) is 11.8 Å². The van der Waals surface area contributed by atoms with Crippen LogP contribution in [0.5, 0.6) is 11.6 Å². The predicted octanol–water partition coefficient (Wildman–Crippen LogP) is 4.31. The Morgan fingerprint density at radius 3 is 2.60 bits per heavy atom. The molecular weight excluding hydrogens is 297 g/mol. The van der Waals surface area contributed by atoms with Crippen LogP contribution in [0.3, 0.4) is 0 Å². The molecule has 0 saturated heterocycles. The fourth-order valence-electron chi connectivity index (χ4n) is 1.78. The van der Waals surface area contributed by atoms with Crippen LogP contribution in [0.1, 0.15) is 0 Å². The maximum Gasteiger partial charge on any atom is 0.230 e. The fraction of sp³-hybridized carbons (Fsp3) is 0. The van der Waals surface area contributed by atoms with E-state index in [1.54, 1.807) is 30.3 Å². The number of aromatic nitrogens is 2. The van der Waals surface area contributed by atoms with Gasteiger partial charge < -0.3 is 10.5 Å². The number of hydrogen-bond donors (Lipinski definition) is 1. The van der Waals surface area contributed by atoms with E-state index >= 15 is 0 Å². The molecule has 0 unspecified atom stereocenters. The van der Waals surface area contributed by atoms with Crippen LogP contribution in [-0.4, -0.2) is 9.97 Å². The van der Waals surface area contributed by atoms with Crippen molar-refractivity contribution in [2.24, 2.45) is 0 Å². The minimum absolute atomic E-state index is 0.417. The lowest BCUT2D eigenvalue weighted by Gasteiger charge is -2.08. The van der Waals surface area contributed by atoms with E-state index in [-0.39, 0.29) is 0 Å². The lowest BCUT2D eigenvalue weighted by molar-refractivity contribution is 0.468. The van der Waals surface area contributed by atoms with E-state index in [4.69, 9.17) is 33.7 Å².